The Hall–Kier alpha value is -0.140. The molecule has 0 heterocycles. The molecule has 0 amide bonds. The maximum atomic E-state index is 9.79. The second kappa shape index (κ2) is 7.19. The SMILES string of the molecule is CCCS(=O)(=O)O.Ic1ccccc1. The molecule has 5 heteroatoms. The van der Waals surface area contributed by atoms with E-state index in [-0.39, 0.29) is 5.75 Å². The van der Waals surface area contributed by atoms with Gasteiger partial charge in [0.1, 0.15) is 0 Å². The van der Waals surface area contributed by atoms with E-state index in [1.165, 1.54) is 3.57 Å². The molecule has 1 N–H and O–H groups in total. The van der Waals surface area contributed by atoms with E-state index in [0.717, 1.165) is 0 Å². The lowest BCUT2D eigenvalue weighted by Gasteiger charge is -1.85. The molecule has 0 aliphatic heterocycles. The number of rotatable bonds is 2. The minimum atomic E-state index is -3.67. The Bertz CT molecular complexity index is 334. The predicted molar refractivity (Wildman–Crippen MR) is 65.9 cm³/mol. The van der Waals surface area contributed by atoms with Crippen LogP contribution in [0.25, 0.3) is 0 Å². The van der Waals surface area contributed by atoms with E-state index in [1.807, 2.05) is 18.2 Å². The monoisotopic (exact) mass is 328 g/mol. The average Bonchev–Trinajstić information content (AvgIpc) is 2.04. The van der Waals surface area contributed by atoms with Gasteiger partial charge in [0.25, 0.3) is 10.1 Å². The van der Waals surface area contributed by atoms with Crippen LogP contribution in [0.3, 0.4) is 0 Å². The third kappa shape index (κ3) is 9.94. The van der Waals surface area contributed by atoms with Crippen LogP contribution in [0.2, 0.25) is 0 Å². The van der Waals surface area contributed by atoms with Gasteiger partial charge in [-0.3, -0.25) is 4.55 Å². The second-order valence-electron chi connectivity index (χ2n) is 2.58. The van der Waals surface area contributed by atoms with Gasteiger partial charge in [0, 0.05) is 3.57 Å². The summed E-state index contributed by atoms with van der Waals surface area (Å²) in [6, 6.07) is 10.2. The Balaban J connectivity index is 0.000000241. The lowest BCUT2D eigenvalue weighted by molar-refractivity contribution is 0.482. The van der Waals surface area contributed by atoms with Crippen molar-refractivity contribution in [2.45, 2.75) is 13.3 Å². The zero-order chi connectivity index (χ0) is 11.0. The smallest absolute Gasteiger partial charge is 0.264 e. The highest BCUT2D eigenvalue weighted by Gasteiger charge is 1.98. The summed E-state index contributed by atoms with van der Waals surface area (Å²) in [7, 11) is -3.67. The molecule has 0 spiro atoms. The van der Waals surface area contributed by atoms with Gasteiger partial charge in [0.05, 0.1) is 5.75 Å². The summed E-state index contributed by atoms with van der Waals surface area (Å²) >= 11 is 2.28. The first-order valence-electron chi connectivity index (χ1n) is 4.11. The number of hydrogen-bond acceptors (Lipinski definition) is 2. The van der Waals surface area contributed by atoms with Crippen molar-refractivity contribution in [3.05, 3.63) is 33.9 Å². The van der Waals surface area contributed by atoms with E-state index >= 15 is 0 Å². The first-order chi connectivity index (χ1) is 6.45. The highest BCUT2D eigenvalue weighted by Crippen LogP contribution is 1.99. The highest BCUT2D eigenvalue weighted by molar-refractivity contribution is 14.1. The maximum Gasteiger partial charge on any atom is 0.264 e. The van der Waals surface area contributed by atoms with Crippen LogP contribution in [0.5, 0.6) is 0 Å². The molecule has 0 aliphatic carbocycles. The fraction of sp³-hybridized carbons (Fsp3) is 0.333. The van der Waals surface area contributed by atoms with Crippen molar-refractivity contribution in [1.29, 1.82) is 0 Å². The summed E-state index contributed by atoms with van der Waals surface area (Å²) in [5, 5.41) is 0. The van der Waals surface area contributed by atoms with Crippen molar-refractivity contribution >= 4 is 32.7 Å². The highest BCUT2D eigenvalue weighted by atomic mass is 127. The molecule has 1 rings (SSSR count). The van der Waals surface area contributed by atoms with E-state index in [1.54, 1.807) is 6.92 Å². The van der Waals surface area contributed by atoms with Crippen molar-refractivity contribution in [2.24, 2.45) is 0 Å². The van der Waals surface area contributed by atoms with Crippen LogP contribution >= 0.6 is 22.6 Å². The molecule has 1 aromatic rings. The van der Waals surface area contributed by atoms with E-state index in [4.69, 9.17) is 4.55 Å². The van der Waals surface area contributed by atoms with Gasteiger partial charge in [-0.1, -0.05) is 25.1 Å². The zero-order valence-electron chi connectivity index (χ0n) is 7.85. The summed E-state index contributed by atoms with van der Waals surface area (Å²) in [5.74, 6) is -0.132. The Morgan fingerprint density at radius 3 is 1.93 bits per heavy atom. The minimum Gasteiger partial charge on any atom is -0.286 e. The van der Waals surface area contributed by atoms with Crippen molar-refractivity contribution < 1.29 is 13.0 Å². The van der Waals surface area contributed by atoms with E-state index in [2.05, 4.69) is 34.7 Å². The maximum absolute atomic E-state index is 9.79. The van der Waals surface area contributed by atoms with E-state index in [0.29, 0.717) is 6.42 Å². The first-order valence-corrected chi connectivity index (χ1v) is 6.80. The molecule has 0 radical (unpaired) electrons. The van der Waals surface area contributed by atoms with Gasteiger partial charge in [0.2, 0.25) is 0 Å². The Labute approximate surface area is 98.4 Å². The molecule has 1 aromatic carbocycles. The van der Waals surface area contributed by atoms with Gasteiger partial charge < -0.3 is 0 Å². The number of hydrogen-bond donors (Lipinski definition) is 1. The summed E-state index contributed by atoms with van der Waals surface area (Å²) in [6.07, 6.45) is 0.471. The second-order valence-corrected chi connectivity index (χ2v) is 5.40. The normalized spacial score (nSPS) is 10.2. The summed E-state index contributed by atoms with van der Waals surface area (Å²) in [5.41, 5.74) is 0. The molecule has 0 saturated carbocycles. The number of halogens is 1. The molecule has 0 saturated heterocycles. The molecule has 0 unspecified atom stereocenters. The summed E-state index contributed by atoms with van der Waals surface area (Å²) in [6.45, 7) is 1.69. The third-order valence-corrected chi connectivity index (χ3v) is 2.84. The number of benzene rings is 1. The molecular formula is C9H13IO3S. The molecule has 0 atom stereocenters. The molecule has 14 heavy (non-hydrogen) atoms. The van der Waals surface area contributed by atoms with Crippen LogP contribution < -0.4 is 0 Å². The fourth-order valence-electron chi connectivity index (χ4n) is 0.673. The Morgan fingerprint density at radius 2 is 1.79 bits per heavy atom. The lowest BCUT2D eigenvalue weighted by atomic mass is 10.4. The largest absolute Gasteiger partial charge is 0.286 e. The molecule has 0 aliphatic rings. The topological polar surface area (TPSA) is 54.4 Å². The third-order valence-electron chi connectivity index (χ3n) is 1.20. The van der Waals surface area contributed by atoms with Crippen molar-refractivity contribution in [1.82, 2.24) is 0 Å². The van der Waals surface area contributed by atoms with Crippen molar-refractivity contribution in [2.75, 3.05) is 5.75 Å². The van der Waals surface area contributed by atoms with Crippen LogP contribution in [0.4, 0.5) is 0 Å². The van der Waals surface area contributed by atoms with Crippen molar-refractivity contribution in [3.63, 3.8) is 0 Å². The van der Waals surface area contributed by atoms with E-state index in [9.17, 15) is 8.42 Å². The van der Waals surface area contributed by atoms with Crippen LogP contribution in [-0.4, -0.2) is 18.7 Å². The van der Waals surface area contributed by atoms with E-state index < -0.39 is 10.1 Å². The fourth-order valence-corrected chi connectivity index (χ4v) is 1.60. The zero-order valence-corrected chi connectivity index (χ0v) is 10.8. The van der Waals surface area contributed by atoms with Crippen LogP contribution in [0.15, 0.2) is 30.3 Å². The standard InChI is InChI=1S/C6H5I.C3H8O3S/c7-6-4-2-1-3-5-6;1-2-3-7(4,5)6/h1-5H;2-3H2,1H3,(H,4,5,6). The Kier molecular flexibility index (Phi) is 7.12. The van der Waals surface area contributed by atoms with Gasteiger partial charge in [-0.05, 0) is 41.1 Å². The first kappa shape index (κ1) is 13.9. The van der Waals surface area contributed by atoms with Gasteiger partial charge in [0.15, 0.2) is 0 Å². The lowest BCUT2D eigenvalue weighted by Crippen LogP contribution is -2.01. The predicted octanol–water partition coefficient (Wildman–Crippen LogP) is 2.58. The van der Waals surface area contributed by atoms with Gasteiger partial charge in [-0.15, -0.1) is 0 Å². The Morgan fingerprint density at radius 1 is 1.29 bits per heavy atom. The quantitative estimate of drug-likeness (QED) is 0.671. The minimum absolute atomic E-state index is 0.132. The summed E-state index contributed by atoms with van der Waals surface area (Å²) in [4.78, 5) is 0. The molecule has 80 valence electrons. The van der Waals surface area contributed by atoms with Gasteiger partial charge in [-0.2, -0.15) is 8.42 Å². The van der Waals surface area contributed by atoms with Gasteiger partial charge in [-0.25, -0.2) is 0 Å². The molecule has 0 bridgehead atoms. The molecule has 0 fully saturated rings. The van der Waals surface area contributed by atoms with Gasteiger partial charge >= 0.3 is 0 Å². The van der Waals surface area contributed by atoms with Crippen LogP contribution in [0, 0.1) is 3.57 Å². The molecule has 0 aromatic heterocycles. The molecule has 3 nitrogen and oxygen atoms in total. The van der Waals surface area contributed by atoms with Crippen LogP contribution in [0.1, 0.15) is 13.3 Å². The van der Waals surface area contributed by atoms with Crippen molar-refractivity contribution in [3.8, 4) is 0 Å². The van der Waals surface area contributed by atoms with Crippen LogP contribution in [-0.2, 0) is 10.1 Å². The average molecular weight is 328 g/mol. The summed E-state index contributed by atoms with van der Waals surface area (Å²) < 4.78 is 28.9. The molecular weight excluding hydrogens is 315 g/mol.